The highest BCUT2D eigenvalue weighted by Gasteiger charge is 2.44. The lowest BCUT2D eigenvalue weighted by atomic mass is 9.82. The first kappa shape index (κ1) is 18.2. The predicted octanol–water partition coefficient (Wildman–Crippen LogP) is -0.0112. The first-order valence-electron chi connectivity index (χ1n) is 7.84. The van der Waals surface area contributed by atoms with Gasteiger partial charge in [-0.05, 0) is 46.5 Å². The summed E-state index contributed by atoms with van der Waals surface area (Å²) in [7, 11) is 2.40. The van der Waals surface area contributed by atoms with Gasteiger partial charge in [-0.1, -0.05) is 0 Å². The van der Waals surface area contributed by atoms with Crippen molar-refractivity contribution < 1.29 is 38.0 Å². The van der Waals surface area contributed by atoms with E-state index < -0.39 is 0 Å². The predicted molar refractivity (Wildman–Crippen MR) is 76.7 cm³/mol. The van der Waals surface area contributed by atoms with E-state index in [0.717, 1.165) is 6.04 Å². The van der Waals surface area contributed by atoms with Crippen LogP contribution in [0.5, 0.6) is 0 Å². The molecule has 0 N–H and O–H groups in total. The number of carbonyl (C=O) groups is 1. The minimum absolute atomic E-state index is 0. The lowest BCUT2D eigenvalue weighted by Crippen LogP contribution is -3.00. The van der Waals surface area contributed by atoms with Gasteiger partial charge in [-0.3, -0.25) is 4.79 Å². The molecule has 0 aromatic rings. The lowest BCUT2D eigenvalue weighted by Gasteiger charge is -2.51. The number of quaternary nitrogens is 1. The average molecular weight is 395 g/mol. The van der Waals surface area contributed by atoms with Crippen molar-refractivity contribution in [3.8, 4) is 0 Å². The molecule has 3 nitrogen and oxygen atoms in total. The number of halogens is 1. The molecule has 2 fully saturated rings. The lowest BCUT2D eigenvalue weighted by molar-refractivity contribution is -0.947. The Labute approximate surface area is 141 Å². The van der Waals surface area contributed by atoms with Crippen molar-refractivity contribution in [2.45, 2.75) is 58.9 Å². The van der Waals surface area contributed by atoms with Gasteiger partial charge in [-0.2, -0.15) is 0 Å². The Balaban J connectivity index is 0.00000200. The second kappa shape index (κ2) is 6.95. The maximum Gasteiger partial charge on any atom is 0.311 e. The van der Waals surface area contributed by atoms with Crippen LogP contribution in [0.15, 0.2) is 0 Å². The van der Waals surface area contributed by atoms with Gasteiger partial charge in [0.2, 0.25) is 0 Å². The van der Waals surface area contributed by atoms with Gasteiger partial charge in [0, 0.05) is 12.3 Å². The maximum atomic E-state index is 11.9. The van der Waals surface area contributed by atoms with Crippen molar-refractivity contribution >= 4 is 5.97 Å². The Morgan fingerprint density at radius 1 is 1.15 bits per heavy atom. The molecule has 4 heteroatoms. The van der Waals surface area contributed by atoms with Gasteiger partial charge in [0.1, 0.15) is 0 Å². The Hall–Kier alpha value is 0.160. The van der Waals surface area contributed by atoms with Crippen LogP contribution >= 0.6 is 0 Å². The van der Waals surface area contributed by atoms with Crippen LogP contribution in [0.3, 0.4) is 0 Å². The molecule has 0 aromatic carbocycles. The minimum atomic E-state index is -0.376. The van der Waals surface area contributed by atoms with E-state index in [4.69, 9.17) is 4.74 Å². The summed E-state index contributed by atoms with van der Waals surface area (Å²) in [5, 5.41) is 0. The van der Waals surface area contributed by atoms with E-state index in [1.54, 1.807) is 0 Å². The standard InChI is InChI=1S/C16H30NO2.HI/c1-16(2,3)15(18)19-12-13-8-7-11-17(4)10-6-5-9-14(13)17;/h13-14H,5-12H2,1-4H3;1H/q+1;/p-1/t13-,14+,17?;/m0./s1. The number of carbonyl (C=O) groups excluding carboxylic acids is 1. The monoisotopic (exact) mass is 395 g/mol. The van der Waals surface area contributed by atoms with Gasteiger partial charge in [0.25, 0.3) is 0 Å². The van der Waals surface area contributed by atoms with Crippen LogP contribution in [-0.2, 0) is 9.53 Å². The van der Waals surface area contributed by atoms with Gasteiger partial charge >= 0.3 is 5.97 Å². The maximum absolute atomic E-state index is 11.9. The SMILES string of the molecule is CC(C)(C)C(=O)OC[C@@H]1CCC[N+]2(C)CCCC[C@H]12.[I-]. The molecule has 2 rings (SSSR count). The summed E-state index contributed by atoms with van der Waals surface area (Å²) in [5.41, 5.74) is -0.376. The fourth-order valence-corrected chi connectivity index (χ4v) is 3.83. The van der Waals surface area contributed by atoms with E-state index in [1.807, 2.05) is 20.8 Å². The molecule has 0 spiro atoms. The second-order valence-electron chi connectivity index (χ2n) is 7.74. The van der Waals surface area contributed by atoms with Crippen molar-refractivity contribution in [2.75, 3.05) is 26.7 Å². The van der Waals surface area contributed by atoms with E-state index in [0.29, 0.717) is 12.5 Å². The average Bonchev–Trinajstić information content (AvgIpc) is 2.33. The number of rotatable bonds is 2. The summed E-state index contributed by atoms with van der Waals surface area (Å²) in [6.07, 6.45) is 6.54. The highest BCUT2D eigenvalue weighted by molar-refractivity contribution is 5.75. The molecule has 3 atom stereocenters. The number of piperidine rings is 2. The van der Waals surface area contributed by atoms with Crippen LogP contribution in [0.2, 0.25) is 0 Å². The molecular formula is C16H30INO2. The number of hydrogen-bond acceptors (Lipinski definition) is 2. The fraction of sp³-hybridized carbons (Fsp3) is 0.938. The molecule has 20 heavy (non-hydrogen) atoms. The van der Waals surface area contributed by atoms with Crippen molar-refractivity contribution in [3.05, 3.63) is 0 Å². The molecule has 0 radical (unpaired) electrons. The summed E-state index contributed by atoms with van der Waals surface area (Å²) < 4.78 is 6.81. The Morgan fingerprint density at radius 3 is 2.45 bits per heavy atom. The van der Waals surface area contributed by atoms with E-state index >= 15 is 0 Å². The van der Waals surface area contributed by atoms with E-state index in [-0.39, 0.29) is 35.4 Å². The number of hydrogen-bond donors (Lipinski definition) is 0. The molecule has 2 saturated heterocycles. The molecule has 2 heterocycles. The summed E-state index contributed by atoms with van der Waals surface area (Å²) in [6.45, 7) is 9.04. The zero-order valence-corrected chi connectivity index (χ0v) is 15.6. The first-order valence-corrected chi connectivity index (χ1v) is 7.84. The van der Waals surface area contributed by atoms with Crippen LogP contribution in [0.25, 0.3) is 0 Å². The minimum Gasteiger partial charge on any atom is -1.00 e. The highest BCUT2D eigenvalue weighted by Crippen LogP contribution is 2.36. The summed E-state index contributed by atoms with van der Waals surface area (Å²) in [5.74, 6) is 0.522. The molecule has 0 bridgehead atoms. The van der Waals surface area contributed by atoms with Crippen molar-refractivity contribution in [1.29, 1.82) is 0 Å². The van der Waals surface area contributed by atoms with E-state index in [1.165, 1.54) is 49.7 Å². The summed E-state index contributed by atoms with van der Waals surface area (Å²) in [4.78, 5) is 11.9. The number of ether oxygens (including phenoxy) is 1. The first-order chi connectivity index (χ1) is 8.83. The highest BCUT2D eigenvalue weighted by atomic mass is 127. The number of esters is 1. The smallest absolute Gasteiger partial charge is 0.311 e. The topological polar surface area (TPSA) is 26.3 Å². The molecular weight excluding hydrogens is 365 g/mol. The number of fused-ring (bicyclic) bond motifs is 1. The van der Waals surface area contributed by atoms with Crippen LogP contribution in [0, 0.1) is 11.3 Å². The van der Waals surface area contributed by atoms with E-state index in [2.05, 4.69) is 7.05 Å². The van der Waals surface area contributed by atoms with Gasteiger partial charge in [-0.15, -0.1) is 0 Å². The number of nitrogens with zero attached hydrogens (tertiary/aromatic N) is 1. The Kier molecular flexibility index (Phi) is 6.32. The normalized spacial score (nSPS) is 33.8. The Bertz CT molecular complexity index is 336. The van der Waals surface area contributed by atoms with E-state index in [9.17, 15) is 4.79 Å². The van der Waals surface area contributed by atoms with Gasteiger partial charge in [0.15, 0.2) is 0 Å². The summed E-state index contributed by atoms with van der Waals surface area (Å²) in [6, 6.07) is 0.718. The molecule has 1 unspecified atom stereocenters. The van der Waals surface area contributed by atoms with Crippen molar-refractivity contribution in [2.24, 2.45) is 11.3 Å². The molecule has 2 aliphatic heterocycles. The molecule has 0 saturated carbocycles. The van der Waals surface area contributed by atoms with Crippen LogP contribution < -0.4 is 24.0 Å². The third-order valence-electron chi connectivity index (χ3n) is 5.05. The Morgan fingerprint density at radius 2 is 1.80 bits per heavy atom. The largest absolute Gasteiger partial charge is 1.00 e. The molecule has 2 aliphatic rings. The fourth-order valence-electron chi connectivity index (χ4n) is 3.83. The van der Waals surface area contributed by atoms with Gasteiger partial charge in [-0.25, -0.2) is 0 Å². The van der Waals surface area contributed by atoms with Crippen LogP contribution in [-0.4, -0.2) is 43.2 Å². The van der Waals surface area contributed by atoms with Gasteiger partial charge in [0.05, 0.1) is 38.2 Å². The second-order valence-corrected chi connectivity index (χ2v) is 7.74. The van der Waals surface area contributed by atoms with Crippen LogP contribution in [0.1, 0.15) is 52.9 Å². The zero-order chi connectivity index (χ0) is 14.1. The molecule has 0 aromatic heterocycles. The molecule has 118 valence electrons. The van der Waals surface area contributed by atoms with Gasteiger partial charge < -0.3 is 33.2 Å². The van der Waals surface area contributed by atoms with Crippen LogP contribution in [0.4, 0.5) is 0 Å². The summed E-state index contributed by atoms with van der Waals surface area (Å²) >= 11 is 0. The molecule has 0 aliphatic carbocycles. The zero-order valence-electron chi connectivity index (χ0n) is 13.5. The van der Waals surface area contributed by atoms with Crippen molar-refractivity contribution in [1.82, 2.24) is 0 Å². The van der Waals surface area contributed by atoms with Crippen molar-refractivity contribution in [3.63, 3.8) is 0 Å². The third kappa shape index (κ3) is 4.09. The quantitative estimate of drug-likeness (QED) is 0.374. The third-order valence-corrected chi connectivity index (χ3v) is 5.05. The molecule has 0 amide bonds.